The van der Waals surface area contributed by atoms with Crippen molar-refractivity contribution in [3.05, 3.63) is 0 Å². The fourth-order valence-corrected chi connectivity index (χ4v) is 3.38. The van der Waals surface area contributed by atoms with Crippen LogP contribution in [0.1, 0.15) is 25.7 Å². The zero-order valence-corrected chi connectivity index (χ0v) is 12.2. The molecule has 106 valence electrons. The molecule has 2 unspecified atom stereocenters. The van der Waals surface area contributed by atoms with Gasteiger partial charge in [0.1, 0.15) is 0 Å². The molecule has 0 spiro atoms. The lowest BCUT2D eigenvalue weighted by Gasteiger charge is -2.42. The number of aliphatic hydroxyl groups is 1. The summed E-state index contributed by atoms with van der Waals surface area (Å²) < 4.78 is 0. The van der Waals surface area contributed by atoms with Gasteiger partial charge < -0.3 is 20.2 Å². The van der Waals surface area contributed by atoms with Crippen LogP contribution in [0.3, 0.4) is 0 Å². The van der Waals surface area contributed by atoms with Gasteiger partial charge in [0.2, 0.25) is 0 Å². The monoisotopic (exact) mass is 255 g/mol. The molecular formula is C14H29N3O. The van der Waals surface area contributed by atoms with Crippen LogP contribution in [0.2, 0.25) is 0 Å². The van der Waals surface area contributed by atoms with Crippen LogP contribution >= 0.6 is 0 Å². The third-order valence-electron chi connectivity index (χ3n) is 4.89. The lowest BCUT2D eigenvalue weighted by molar-refractivity contribution is 0.0655. The van der Waals surface area contributed by atoms with Crippen molar-refractivity contribution >= 4 is 0 Å². The molecule has 0 amide bonds. The second-order valence-corrected chi connectivity index (χ2v) is 6.31. The summed E-state index contributed by atoms with van der Waals surface area (Å²) >= 11 is 0. The van der Waals surface area contributed by atoms with E-state index in [1.54, 1.807) is 0 Å². The molecule has 1 aliphatic heterocycles. The van der Waals surface area contributed by atoms with Crippen molar-refractivity contribution in [3.8, 4) is 0 Å². The van der Waals surface area contributed by atoms with Gasteiger partial charge >= 0.3 is 0 Å². The average molecular weight is 255 g/mol. The van der Waals surface area contributed by atoms with Gasteiger partial charge in [-0.2, -0.15) is 0 Å². The average Bonchev–Trinajstić information content (AvgIpc) is 3.20. The summed E-state index contributed by atoms with van der Waals surface area (Å²) in [6, 6.07) is 0.641. The van der Waals surface area contributed by atoms with E-state index in [1.165, 1.54) is 32.2 Å². The number of rotatable bonds is 6. The van der Waals surface area contributed by atoms with E-state index >= 15 is 0 Å². The summed E-state index contributed by atoms with van der Waals surface area (Å²) in [5.41, 5.74) is -0.0786. The van der Waals surface area contributed by atoms with Crippen molar-refractivity contribution in [3.63, 3.8) is 0 Å². The molecule has 0 bridgehead atoms. The highest BCUT2D eigenvalue weighted by atomic mass is 16.3. The molecule has 1 saturated heterocycles. The van der Waals surface area contributed by atoms with Crippen LogP contribution in [-0.4, -0.2) is 73.9 Å². The smallest absolute Gasteiger partial charge is 0.0628 e. The SMILES string of the molecule is CNC(CO)(CN(C)C1CCCN(C)C1)C1CC1. The van der Waals surface area contributed by atoms with Gasteiger partial charge in [0.25, 0.3) is 0 Å². The summed E-state index contributed by atoms with van der Waals surface area (Å²) in [7, 11) is 6.42. The Kier molecular flexibility index (Phi) is 4.64. The minimum Gasteiger partial charge on any atom is -0.394 e. The number of likely N-dealkylation sites (N-methyl/N-ethyl adjacent to an activating group) is 3. The van der Waals surface area contributed by atoms with Gasteiger partial charge in [-0.25, -0.2) is 0 Å². The highest BCUT2D eigenvalue weighted by Gasteiger charge is 2.45. The lowest BCUT2D eigenvalue weighted by Crippen LogP contribution is -2.59. The van der Waals surface area contributed by atoms with Gasteiger partial charge in [-0.1, -0.05) is 0 Å². The molecule has 4 heteroatoms. The van der Waals surface area contributed by atoms with Crippen LogP contribution in [0.25, 0.3) is 0 Å². The third-order valence-corrected chi connectivity index (χ3v) is 4.89. The highest BCUT2D eigenvalue weighted by Crippen LogP contribution is 2.40. The van der Waals surface area contributed by atoms with Crippen LogP contribution in [0.15, 0.2) is 0 Å². The molecule has 2 N–H and O–H groups in total. The summed E-state index contributed by atoms with van der Waals surface area (Å²) in [6.07, 6.45) is 5.11. The molecular weight excluding hydrogens is 226 g/mol. The quantitative estimate of drug-likeness (QED) is 0.719. The topological polar surface area (TPSA) is 38.7 Å². The molecule has 2 rings (SSSR count). The Hall–Kier alpha value is -0.160. The zero-order chi connectivity index (χ0) is 13.2. The van der Waals surface area contributed by atoms with Crippen LogP contribution in [0.4, 0.5) is 0 Å². The van der Waals surface area contributed by atoms with Crippen LogP contribution in [0.5, 0.6) is 0 Å². The molecule has 4 nitrogen and oxygen atoms in total. The number of hydrogen-bond donors (Lipinski definition) is 2. The fourth-order valence-electron chi connectivity index (χ4n) is 3.38. The Morgan fingerprint density at radius 1 is 1.39 bits per heavy atom. The summed E-state index contributed by atoms with van der Waals surface area (Å²) in [6.45, 7) is 3.60. The second kappa shape index (κ2) is 5.87. The molecule has 0 radical (unpaired) electrons. The van der Waals surface area contributed by atoms with Gasteiger partial charge in [0.15, 0.2) is 0 Å². The maximum atomic E-state index is 9.79. The van der Waals surface area contributed by atoms with Gasteiger partial charge in [-0.3, -0.25) is 0 Å². The molecule has 2 fully saturated rings. The van der Waals surface area contributed by atoms with E-state index in [0.717, 1.165) is 13.1 Å². The Morgan fingerprint density at radius 2 is 2.11 bits per heavy atom. The van der Waals surface area contributed by atoms with Crippen LogP contribution in [-0.2, 0) is 0 Å². The first-order valence-corrected chi connectivity index (χ1v) is 7.30. The summed E-state index contributed by atoms with van der Waals surface area (Å²) in [4.78, 5) is 4.88. The molecule has 0 aromatic heterocycles. The minimum atomic E-state index is -0.0786. The van der Waals surface area contributed by atoms with Gasteiger partial charge in [0, 0.05) is 19.1 Å². The predicted molar refractivity (Wildman–Crippen MR) is 74.7 cm³/mol. The minimum absolute atomic E-state index is 0.0786. The van der Waals surface area contributed by atoms with E-state index in [1.807, 2.05) is 7.05 Å². The molecule has 0 aromatic rings. The van der Waals surface area contributed by atoms with Crippen molar-refractivity contribution in [2.75, 3.05) is 47.4 Å². The number of nitrogens with one attached hydrogen (secondary N) is 1. The number of hydrogen-bond acceptors (Lipinski definition) is 4. The van der Waals surface area contributed by atoms with Crippen molar-refractivity contribution in [1.29, 1.82) is 0 Å². The summed E-state index contributed by atoms with van der Waals surface area (Å²) in [5.74, 6) is 0.663. The Labute approximate surface area is 111 Å². The Bertz CT molecular complexity index is 264. The first-order valence-electron chi connectivity index (χ1n) is 7.30. The van der Waals surface area contributed by atoms with Crippen molar-refractivity contribution in [2.24, 2.45) is 5.92 Å². The van der Waals surface area contributed by atoms with Crippen LogP contribution in [0, 0.1) is 5.92 Å². The first-order chi connectivity index (χ1) is 8.61. The molecule has 1 heterocycles. The molecule has 1 saturated carbocycles. The molecule has 1 aliphatic carbocycles. The maximum absolute atomic E-state index is 9.79. The third kappa shape index (κ3) is 3.05. The van der Waals surface area contributed by atoms with E-state index in [2.05, 4.69) is 29.2 Å². The van der Waals surface area contributed by atoms with Gasteiger partial charge in [-0.15, -0.1) is 0 Å². The first kappa shape index (κ1) is 14.3. The molecule has 0 aromatic carbocycles. The van der Waals surface area contributed by atoms with E-state index in [9.17, 15) is 5.11 Å². The van der Waals surface area contributed by atoms with E-state index in [-0.39, 0.29) is 12.1 Å². The van der Waals surface area contributed by atoms with Crippen molar-refractivity contribution < 1.29 is 5.11 Å². The fraction of sp³-hybridized carbons (Fsp3) is 1.00. The molecule has 2 aliphatic rings. The Morgan fingerprint density at radius 3 is 2.61 bits per heavy atom. The standard InChI is InChI=1S/C14H29N3O/c1-15-14(11-18,12-6-7-12)10-17(3)13-5-4-8-16(2)9-13/h12-13,15,18H,4-11H2,1-3H3. The van der Waals surface area contributed by atoms with Crippen molar-refractivity contribution in [2.45, 2.75) is 37.3 Å². The van der Waals surface area contributed by atoms with E-state index < -0.39 is 0 Å². The zero-order valence-electron chi connectivity index (χ0n) is 12.2. The number of aliphatic hydroxyl groups excluding tert-OH is 1. The second-order valence-electron chi connectivity index (χ2n) is 6.31. The number of nitrogens with zero attached hydrogens (tertiary/aromatic N) is 2. The normalized spacial score (nSPS) is 29.5. The lowest BCUT2D eigenvalue weighted by atomic mass is 9.92. The molecule has 18 heavy (non-hydrogen) atoms. The van der Waals surface area contributed by atoms with E-state index in [4.69, 9.17) is 0 Å². The Balaban J connectivity index is 1.93. The molecule has 2 atom stereocenters. The number of piperidine rings is 1. The summed E-state index contributed by atoms with van der Waals surface area (Å²) in [5, 5.41) is 13.2. The predicted octanol–water partition coefficient (Wildman–Crippen LogP) is 0.373. The van der Waals surface area contributed by atoms with Gasteiger partial charge in [0.05, 0.1) is 12.1 Å². The maximum Gasteiger partial charge on any atom is 0.0628 e. The van der Waals surface area contributed by atoms with Gasteiger partial charge in [-0.05, 0) is 59.3 Å². The van der Waals surface area contributed by atoms with E-state index in [0.29, 0.717) is 12.0 Å². The largest absolute Gasteiger partial charge is 0.394 e. The highest BCUT2D eigenvalue weighted by molar-refractivity contribution is 5.02. The van der Waals surface area contributed by atoms with Crippen molar-refractivity contribution in [1.82, 2.24) is 15.1 Å². The van der Waals surface area contributed by atoms with Crippen LogP contribution < -0.4 is 5.32 Å². The number of likely N-dealkylation sites (tertiary alicyclic amines) is 1.